The van der Waals surface area contributed by atoms with Gasteiger partial charge in [0.25, 0.3) is 0 Å². The van der Waals surface area contributed by atoms with Gasteiger partial charge in [0.05, 0.1) is 13.2 Å². The number of amides is 3. The van der Waals surface area contributed by atoms with Crippen molar-refractivity contribution in [2.75, 3.05) is 26.2 Å². The Labute approximate surface area is 160 Å². The number of benzene rings is 1. The third-order valence-corrected chi connectivity index (χ3v) is 4.89. The summed E-state index contributed by atoms with van der Waals surface area (Å²) in [5, 5.41) is 2.89. The van der Waals surface area contributed by atoms with Crippen molar-refractivity contribution in [2.45, 2.75) is 46.2 Å². The molecule has 0 atom stereocenters. The highest BCUT2D eigenvalue weighted by Crippen LogP contribution is 2.17. The van der Waals surface area contributed by atoms with Crippen molar-refractivity contribution in [2.24, 2.45) is 0 Å². The van der Waals surface area contributed by atoms with Gasteiger partial charge in [0.2, 0.25) is 11.8 Å². The van der Waals surface area contributed by atoms with Crippen LogP contribution >= 0.6 is 0 Å². The molecule has 0 radical (unpaired) electrons. The van der Waals surface area contributed by atoms with Gasteiger partial charge in [-0.1, -0.05) is 24.3 Å². The quantitative estimate of drug-likeness (QED) is 0.826. The zero-order valence-corrected chi connectivity index (χ0v) is 16.4. The molecule has 0 aliphatic carbocycles. The van der Waals surface area contributed by atoms with Crippen LogP contribution in [0.5, 0.6) is 0 Å². The van der Waals surface area contributed by atoms with Crippen molar-refractivity contribution in [3.8, 4) is 0 Å². The number of ether oxygens (including phenoxy) is 1. The predicted molar refractivity (Wildman–Crippen MR) is 102 cm³/mol. The maximum atomic E-state index is 12.4. The third kappa shape index (κ3) is 5.98. The summed E-state index contributed by atoms with van der Waals surface area (Å²) in [5.74, 6) is -0.308. The van der Waals surface area contributed by atoms with Crippen LogP contribution in [0.4, 0.5) is 4.79 Å². The fourth-order valence-corrected chi connectivity index (χ4v) is 3.29. The number of nitrogens with zero attached hydrogens (tertiary/aromatic N) is 2. The first-order chi connectivity index (χ1) is 12.9. The first kappa shape index (κ1) is 20.7. The second-order valence-corrected chi connectivity index (χ2v) is 6.77. The molecule has 0 aromatic heterocycles. The molecule has 27 heavy (non-hydrogen) atoms. The molecule has 3 amide bonds. The Morgan fingerprint density at radius 2 is 1.89 bits per heavy atom. The average molecular weight is 375 g/mol. The molecule has 1 aliphatic rings. The number of piperidine rings is 1. The van der Waals surface area contributed by atoms with Gasteiger partial charge in [-0.3, -0.25) is 9.59 Å². The normalized spacial score (nSPS) is 14.6. The number of likely N-dealkylation sites (tertiary alicyclic amines) is 1. The van der Waals surface area contributed by atoms with Gasteiger partial charge in [-0.25, -0.2) is 4.79 Å². The van der Waals surface area contributed by atoms with E-state index in [0.29, 0.717) is 39.1 Å². The number of rotatable bonds is 6. The summed E-state index contributed by atoms with van der Waals surface area (Å²) in [6, 6.07) is 7.83. The van der Waals surface area contributed by atoms with E-state index in [2.05, 4.69) is 5.32 Å². The van der Waals surface area contributed by atoms with E-state index in [1.165, 1.54) is 6.92 Å². The fourth-order valence-electron chi connectivity index (χ4n) is 3.29. The lowest BCUT2D eigenvalue weighted by atomic mass is 10.0. The van der Waals surface area contributed by atoms with Crippen LogP contribution in [0.15, 0.2) is 24.3 Å². The van der Waals surface area contributed by atoms with Gasteiger partial charge < -0.3 is 19.9 Å². The molecule has 1 N–H and O–H groups in total. The Morgan fingerprint density at radius 3 is 2.48 bits per heavy atom. The molecule has 0 bridgehead atoms. The first-order valence-electron chi connectivity index (χ1n) is 9.42. The average Bonchev–Trinajstić information content (AvgIpc) is 2.65. The summed E-state index contributed by atoms with van der Waals surface area (Å²) in [7, 11) is 0. The number of carbonyl (C=O) groups is 3. The summed E-state index contributed by atoms with van der Waals surface area (Å²) in [4.78, 5) is 39.5. The molecule has 0 unspecified atom stereocenters. The van der Waals surface area contributed by atoms with Gasteiger partial charge in [0, 0.05) is 32.6 Å². The van der Waals surface area contributed by atoms with E-state index < -0.39 is 0 Å². The lowest BCUT2D eigenvalue weighted by molar-refractivity contribution is -0.137. The molecule has 148 valence electrons. The van der Waals surface area contributed by atoms with Gasteiger partial charge in [-0.05, 0) is 37.8 Å². The minimum absolute atomic E-state index is 0.0330. The Kier molecular flexibility index (Phi) is 7.64. The molecule has 1 fully saturated rings. The Morgan fingerprint density at radius 1 is 1.22 bits per heavy atom. The Bertz CT molecular complexity index is 669. The molecular weight excluding hydrogens is 346 g/mol. The second kappa shape index (κ2) is 9.94. The third-order valence-electron chi connectivity index (χ3n) is 4.89. The van der Waals surface area contributed by atoms with E-state index >= 15 is 0 Å². The molecule has 0 spiro atoms. The van der Waals surface area contributed by atoms with E-state index in [1.807, 2.05) is 31.2 Å². The van der Waals surface area contributed by atoms with Crippen molar-refractivity contribution >= 4 is 17.9 Å². The molecule has 2 rings (SSSR count). The van der Waals surface area contributed by atoms with E-state index in [1.54, 1.807) is 16.7 Å². The molecule has 1 aliphatic heterocycles. The highest BCUT2D eigenvalue weighted by molar-refractivity contribution is 5.84. The molecular formula is C20H29N3O4. The first-order valence-corrected chi connectivity index (χ1v) is 9.42. The molecule has 7 heteroatoms. The SMILES string of the molecule is CCOC(=O)N1CCC(N(CC(=O)NCc2ccccc2C)C(C)=O)CC1. The van der Waals surface area contributed by atoms with Crippen LogP contribution in [0, 0.1) is 6.92 Å². The second-order valence-electron chi connectivity index (χ2n) is 6.77. The summed E-state index contributed by atoms with van der Waals surface area (Å²) < 4.78 is 5.02. The lowest BCUT2D eigenvalue weighted by Gasteiger charge is -2.37. The van der Waals surface area contributed by atoms with Crippen LogP contribution in [0.25, 0.3) is 0 Å². The van der Waals surface area contributed by atoms with Crippen LogP contribution in [-0.2, 0) is 20.9 Å². The minimum Gasteiger partial charge on any atom is -0.450 e. The molecule has 1 aromatic carbocycles. The summed E-state index contributed by atoms with van der Waals surface area (Å²) in [6.07, 6.45) is 0.966. The molecule has 1 heterocycles. The van der Waals surface area contributed by atoms with Gasteiger partial charge >= 0.3 is 6.09 Å². The van der Waals surface area contributed by atoms with Crippen molar-refractivity contribution in [1.29, 1.82) is 0 Å². The largest absolute Gasteiger partial charge is 0.450 e. The van der Waals surface area contributed by atoms with Crippen LogP contribution in [0.2, 0.25) is 0 Å². The monoisotopic (exact) mass is 375 g/mol. The zero-order chi connectivity index (χ0) is 19.8. The van der Waals surface area contributed by atoms with Crippen molar-refractivity contribution in [3.63, 3.8) is 0 Å². The van der Waals surface area contributed by atoms with Gasteiger partial charge in [0.15, 0.2) is 0 Å². The standard InChI is InChI=1S/C20H29N3O4/c1-4-27-20(26)22-11-9-18(10-12-22)23(16(3)24)14-19(25)21-13-17-8-6-5-7-15(17)2/h5-8,18H,4,9-14H2,1-3H3,(H,21,25). The number of nitrogens with one attached hydrogen (secondary N) is 1. The molecule has 7 nitrogen and oxygen atoms in total. The van der Waals surface area contributed by atoms with Gasteiger partial charge in [-0.2, -0.15) is 0 Å². The number of hydrogen-bond acceptors (Lipinski definition) is 4. The van der Waals surface area contributed by atoms with E-state index in [0.717, 1.165) is 11.1 Å². The lowest BCUT2D eigenvalue weighted by Crippen LogP contribution is -2.51. The van der Waals surface area contributed by atoms with Crippen LogP contribution in [-0.4, -0.2) is 60.0 Å². The highest BCUT2D eigenvalue weighted by atomic mass is 16.6. The fraction of sp³-hybridized carbons (Fsp3) is 0.550. The van der Waals surface area contributed by atoms with Gasteiger partial charge in [0.1, 0.15) is 0 Å². The van der Waals surface area contributed by atoms with E-state index in [4.69, 9.17) is 4.74 Å². The van der Waals surface area contributed by atoms with E-state index in [-0.39, 0.29) is 30.5 Å². The van der Waals surface area contributed by atoms with E-state index in [9.17, 15) is 14.4 Å². The van der Waals surface area contributed by atoms with Crippen LogP contribution in [0.1, 0.15) is 37.8 Å². The minimum atomic E-state index is -0.318. The highest BCUT2D eigenvalue weighted by Gasteiger charge is 2.29. The van der Waals surface area contributed by atoms with Crippen LogP contribution < -0.4 is 5.32 Å². The van der Waals surface area contributed by atoms with Crippen LogP contribution in [0.3, 0.4) is 0 Å². The Hall–Kier alpha value is -2.57. The molecule has 1 saturated heterocycles. The smallest absolute Gasteiger partial charge is 0.409 e. The maximum Gasteiger partial charge on any atom is 0.409 e. The topological polar surface area (TPSA) is 79.0 Å². The predicted octanol–water partition coefficient (Wildman–Crippen LogP) is 2.08. The number of hydrogen-bond donors (Lipinski definition) is 1. The maximum absolute atomic E-state index is 12.4. The Balaban J connectivity index is 1.86. The summed E-state index contributed by atoms with van der Waals surface area (Å²) in [6.45, 7) is 7.13. The van der Waals surface area contributed by atoms with Crippen molar-refractivity contribution in [3.05, 3.63) is 35.4 Å². The van der Waals surface area contributed by atoms with Crippen molar-refractivity contribution in [1.82, 2.24) is 15.1 Å². The van der Waals surface area contributed by atoms with Crippen molar-refractivity contribution < 1.29 is 19.1 Å². The molecule has 1 aromatic rings. The zero-order valence-electron chi connectivity index (χ0n) is 16.4. The summed E-state index contributed by atoms with van der Waals surface area (Å²) in [5.41, 5.74) is 2.18. The number of carbonyl (C=O) groups excluding carboxylic acids is 3. The summed E-state index contributed by atoms with van der Waals surface area (Å²) >= 11 is 0. The molecule has 0 saturated carbocycles. The van der Waals surface area contributed by atoms with Gasteiger partial charge in [-0.15, -0.1) is 0 Å². The number of aryl methyl sites for hydroxylation is 1.